The summed E-state index contributed by atoms with van der Waals surface area (Å²) in [6.07, 6.45) is 12.2. The standard InChI is InChI=1S/C25H32N2O2/c1-17-4-3-5-20(17)14-18-6-8-19-10-12-23(15-21(19)9-7-18)29-24-13-11-22(16-27-24)25(28)26-2/h10-13,15-18,20H,3-9,14H2,1-2H3,(H,26,28). The maximum absolute atomic E-state index is 11.6. The van der Waals surface area contributed by atoms with Crippen LogP contribution in [0.15, 0.2) is 36.5 Å². The van der Waals surface area contributed by atoms with E-state index < -0.39 is 0 Å². The number of pyridine rings is 1. The number of hydrogen-bond acceptors (Lipinski definition) is 3. The van der Waals surface area contributed by atoms with Gasteiger partial charge in [-0.3, -0.25) is 4.79 Å². The van der Waals surface area contributed by atoms with Gasteiger partial charge in [-0.25, -0.2) is 4.98 Å². The topological polar surface area (TPSA) is 51.2 Å². The molecular formula is C25H32N2O2. The highest BCUT2D eigenvalue weighted by molar-refractivity contribution is 5.93. The fourth-order valence-corrected chi connectivity index (χ4v) is 5.08. The lowest BCUT2D eigenvalue weighted by Gasteiger charge is -2.21. The van der Waals surface area contributed by atoms with E-state index in [-0.39, 0.29) is 5.91 Å². The predicted octanol–water partition coefficient (Wildman–Crippen LogP) is 5.55. The summed E-state index contributed by atoms with van der Waals surface area (Å²) < 4.78 is 5.96. The third-order valence-corrected chi connectivity index (χ3v) is 6.94. The number of aryl methyl sites for hydroxylation is 2. The quantitative estimate of drug-likeness (QED) is 0.678. The van der Waals surface area contributed by atoms with Crippen LogP contribution in [0.2, 0.25) is 0 Å². The van der Waals surface area contributed by atoms with E-state index >= 15 is 0 Å². The number of nitrogens with zero attached hydrogens (tertiary/aromatic N) is 1. The molecule has 4 heteroatoms. The molecule has 1 saturated carbocycles. The fourth-order valence-electron chi connectivity index (χ4n) is 5.08. The van der Waals surface area contributed by atoms with Crippen LogP contribution in [0.4, 0.5) is 0 Å². The summed E-state index contributed by atoms with van der Waals surface area (Å²) in [5, 5.41) is 2.60. The molecule has 1 N–H and O–H groups in total. The lowest BCUT2D eigenvalue weighted by molar-refractivity contribution is 0.0962. The number of carbonyl (C=O) groups is 1. The monoisotopic (exact) mass is 392 g/mol. The molecule has 1 fully saturated rings. The van der Waals surface area contributed by atoms with Crippen molar-refractivity contribution in [3.63, 3.8) is 0 Å². The number of amides is 1. The van der Waals surface area contributed by atoms with Gasteiger partial charge in [0.1, 0.15) is 5.75 Å². The van der Waals surface area contributed by atoms with Crippen LogP contribution in [-0.4, -0.2) is 17.9 Å². The van der Waals surface area contributed by atoms with Crippen molar-refractivity contribution in [2.45, 2.75) is 58.3 Å². The third kappa shape index (κ3) is 4.80. The minimum atomic E-state index is -0.143. The molecule has 0 saturated heterocycles. The second-order valence-corrected chi connectivity index (χ2v) is 8.84. The zero-order chi connectivity index (χ0) is 20.2. The van der Waals surface area contributed by atoms with Gasteiger partial charge in [-0.2, -0.15) is 0 Å². The van der Waals surface area contributed by atoms with E-state index in [1.54, 1.807) is 25.4 Å². The maximum atomic E-state index is 11.6. The van der Waals surface area contributed by atoms with Gasteiger partial charge in [0.15, 0.2) is 0 Å². The molecule has 1 amide bonds. The van der Waals surface area contributed by atoms with Crippen LogP contribution in [0, 0.1) is 17.8 Å². The molecule has 2 aliphatic carbocycles. The molecule has 2 aliphatic rings. The molecule has 0 spiro atoms. The summed E-state index contributed by atoms with van der Waals surface area (Å²) in [6, 6.07) is 9.94. The highest BCUT2D eigenvalue weighted by Crippen LogP contribution is 2.39. The largest absolute Gasteiger partial charge is 0.439 e. The first-order chi connectivity index (χ1) is 14.1. The molecule has 4 nitrogen and oxygen atoms in total. The number of fused-ring (bicyclic) bond motifs is 1. The molecular weight excluding hydrogens is 360 g/mol. The van der Waals surface area contributed by atoms with Crippen molar-refractivity contribution in [2.24, 2.45) is 17.8 Å². The van der Waals surface area contributed by atoms with Crippen molar-refractivity contribution in [3.8, 4) is 11.6 Å². The second kappa shape index (κ2) is 8.98. The Morgan fingerprint density at radius 2 is 1.93 bits per heavy atom. The Labute approximate surface area is 174 Å². The average Bonchev–Trinajstić information content (AvgIpc) is 3.03. The van der Waals surface area contributed by atoms with Crippen LogP contribution in [0.3, 0.4) is 0 Å². The van der Waals surface area contributed by atoms with Crippen LogP contribution in [0.1, 0.15) is 66.9 Å². The van der Waals surface area contributed by atoms with E-state index in [0.29, 0.717) is 11.4 Å². The second-order valence-electron chi connectivity index (χ2n) is 8.84. The van der Waals surface area contributed by atoms with Crippen molar-refractivity contribution in [3.05, 3.63) is 53.2 Å². The summed E-state index contributed by atoms with van der Waals surface area (Å²) in [5.74, 6) is 3.92. The van der Waals surface area contributed by atoms with Crippen molar-refractivity contribution >= 4 is 5.91 Å². The first kappa shape index (κ1) is 19.9. The lowest BCUT2D eigenvalue weighted by atomic mass is 9.84. The average molecular weight is 393 g/mol. The van der Waals surface area contributed by atoms with Gasteiger partial charge in [0.05, 0.1) is 5.56 Å². The van der Waals surface area contributed by atoms with E-state index in [1.165, 1.54) is 56.1 Å². The SMILES string of the molecule is CNC(=O)c1ccc(Oc2ccc3c(c2)CCC(CC2CCCC2C)CC3)nc1. The van der Waals surface area contributed by atoms with Crippen LogP contribution >= 0.6 is 0 Å². The van der Waals surface area contributed by atoms with Crippen LogP contribution < -0.4 is 10.1 Å². The van der Waals surface area contributed by atoms with E-state index in [9.17, 15) is 4.79 Å². The Bertz CT molecular complexity index is 846. The van der Waals surface area contributed by atoms with Gasteiger partial charge in [0, 0.05) is 19.3 Å². The number of aromatic nitrogens is 1. The number of rotatable bonds is 5. The van der Waals surface area contributed by atoms with Gasteiger partial charge >= 0.3 is 0 Å². The Balaban J connectivity index is 1.39. The highest BCUT2D eigenvalue weighted by atomic mass is 16.5. The predicted molar refractivity (Wildman–Crippen MR) is 115 cm³/mol. The first-order valence-corrected chi connectivity index (χ1v) is 11.1. The van der Waals surface area contributed by atoms with Gasteiger partial charge in [-0.05, 0) is 79.2 Å². The zero-order valence-corrected chi connectivity index (χ0v) is 17.6. The van der Waals surface area contributed by atoms with Crippen molar-refractivity contribution < 1.29 is 9.53 Å². The normalized spacial score (nSPS) is 23.9. The van der Waals surface area contributed by atoms with Crippen LogP contribution in [-0.2, 0) is 12.8 Å². The van der Waals surface area contributed by atoms with E-state index in [2.05, 4.69) is 29.4 Å². The molecule has 29 heavy (non-hydrogen) atoms. The Kier molecular flexibility index (Phi) is 6.17. The number of ether oxygens (including phenoxy) is 1. The summed E-state index contributed by atoms with van der Waals surface area (Å²) in [4.78, 5) is 15.9. The van der Waals surface area contributed by atoms with E-state index in [4.69, 9.17) is 4.74 Å². The van der Waals surface area contributed by atoms with E-state index in [0.717, 1.165) is 29.9 Å². The number of hydrogen-bond donors (Lipinski definition) is 1. The van der Waals surface area contributed by atoms with Crippen molar-refractivity contribution in [2.75, 3.05) is 7.05 Å². The maximum Gasteiger partial charge on any atom is 0.252 e. The molecule has 4 rings (SSSR count). The van der Waals surface area contributed by atoms with Crippen molar-refractivity contribution in [1.82, 2.24) is 10.3 Å². The van der Waals surface area contributed by atoms with Crippen LogP contribution in [0.25, 0.3) is 0 Å². The molecule has 1 aromatic heterocycles. The Hall–Kier alpha value is -2.36. The lowest BCUT2D eigenvalue weighted by Crippen LogP contribution is -2.17. The van der Waals surface area contributed by atoms with Gasteiger partial charge in [-0.15, -0.1) is 0 Å². The third-order valence-electron chi connectivity index (χ3n) is 6.94. The molecule has 0 aliphatic heterocycles. The molecule has 0 bridgehead atoms. The number of carbonyl (C=O) groups excluding carboxylic acids is 1. The van der Waals surface area contributed by atoms with Gasteiger partial charge in [0.2, 0.25) is 5.88 Å². The molecule has 1 aromatic carbocycles. The molecule has 2 aromatic rings. The van der Waals surface area contributed by atoms with Gasteiger partial charge in [-0.1, -0.05) is 32.3 Å². The van der Waals surface area contributed by atoms with E-state index in [1.807, 2.05) is 6.07 Å². The molecule has 1 heterocycles. The zero-order valence-electron chi connectivity index (χ0n) is 17.6. The van der Waals surface area contributed by atoms with Gasteiger partial charge in [0.25, 0.3) is 5.91 Å². The molecule has 3 atom stereocenters. The summed E-state index contributed by atoms with van der Waals surface area (Å²) in [7, 11) is 1.61. The van der Waals surface area contributed by atoms with Crippen molar-refractivity contribution in [1.29, 1.82) is 0 Å². The molecule has 3 unspecified atom stereocenters. The molecule has 0 radical (unpaired) electrons. The smallest absolute Gasteiger partial charge is 0.252 e. The number of nitrogens with one attached hydrogen (secondary N) is 1. The minimum absolute atomic E-state index is 0.143. The fraction of sp³-hybridized carbons (Fsp3) is 0.520. The summed E-state index contributed by atoms with van der Waals surface area (Å²) in [6.45, 7) is 2.45. The molecule has 154 valence electrons. The van der Waals surface area contributed by atoms with Gasteiger partial charge < -0.3 is 10.1 Å². The highest BCUT2D eigenvalue weighted by Gasteiger charge is 2.27. The first-order valence-electron chi connectivity index (χ1n) is 11.1. The Morgan fingerprint density at radius 3 is 2.62 bits per heavy atom. The summed E-state index contributed by atoms with van der Waals surface area (Å²) in [5.41, 5.74) is 3.43. The minimum Gasteiger partial charge on any atom is -0.439 e. The Morgan fingerprint density at radius 1 is 1.10 bits per heavy atom. The van der Waals surface area contributed by atoms with Crippen LogP contribution in [0.5, 0.6) is 11.6 Å². The summed E-state index contributed by atoms with van der Waals surface area (Å²) >= 11 is 0. The number of benzene rings is 1.